The molecule has 2 aromatic carbocycles. The van der Waals surface area contributed by atoms with Gasteiger partial charge in [-0.3, -0.25) is 4.79 Å². The van der Waals surface area contributed by atoms with Crippen molar-refractivity contribution in [2.45, 2.75) is 6.42 Å². The first kappa shape index (κ1) is 13.3. The van der Waals surface area contributed by atoms with Crippen LogP contribution in [0.4, 0.5) is 5.69 Å². The molecule has 0 radical (unpaired) electrons. The Kier molecular flexibility index (Phi) is 4.30. The van der Waals surface area contributed by atoms with Gasteiger partial charge in [-0.25, -0.2) is 0 Å². The first-order chi connectivity index (χ1) is 9.16. The number of thiocarbonyl (C=S) groups is 1. The van der Waals surface area contributed by atoms with Gasteiger partial charge >= 0.3 is 5.97 Å². The average Bonchev–Trinajstić information content (AvgIpc) is 2.39. The highest BCUT2D eigenvalue weighted by atomic mass is 32.1. The monoisotopic (exact) mass is 274 g/mol. The lowest BCUT2D eigenvalue weighted by molar-refractivity contribution is -0.136. The number of aliphatic carboxylic acids is 1. The number of carboxylic acid groups (broad SMARTS) is 1. The minimum Gasteiger partial charge on any atom is -0.481 e. The van der Waals surface area contributed by atoms with Crippen molar-refractivity contribution in [1.82, 2.24) is 5.32 Å². The van der Waals surface area contributed by atoms with Crippen LogP contribution >= 0.6 is 12.2 Å². The maximum atomic E-state index is 10.4. The number of rotatable bonds is 4. The second-order valence-electron chi connectivity index (χ2n) is 4.05. The van der Waals surface area contributed by atoms with E-state index in [9.17, 15) is 4.79 Å². The predicted molar refractivity (Wildman–Crippen MR) is 80.4 cm³/mol. The maximum absolute atomic E-state index is 10.4. The van der Waals surface area contributed by atoms with E-state index in [4.69, 9.17) is 17.3 Å². The second kappa shape index (κ2) is 6.15. The van der Waals surface area contributed by atoms with Crippen molar-refractivity contribution < 1.29 is 9.90 Å². The molecule has 0 aliphatic heterocycles. The number of carbonyl (C=O) groups is 1. The fraction of sp³-hybridized carbons (Fsp3) is 0.143. The zero-order chi connectivity index (χ0) is 13.7. The van der Waals surface area contributed by atoms with Crippen LogP contribution in [0.5, 0.6) is 0 Å². The lowest BCUT2D eigenvalue weighted by Crippen LogP contribution is -2.30. The molecule has 0 aliphatic rings. The predicted octanol–water partition coefficient (Wildman–Crippen LogP) is 2.60. The summed E-state index contributed by atoms with van der Waals surface area (Å²) in [6.07, 6.45) is 0.0390. The molecule has 0 aliphatic carbocycles. The first-order valence-corrected chi connectivity index (χ1v) is 6.32. The molecule has 0 bridgehead atoms. The van der Waals surface area contributed by atoms with E-state index in [1.165, 1.54) is 0 Å². The van der Waals surface area contributed by atoms with E-state index in [1.807, 2.05) is 42.5 Å². The van der Waals surface area contributed by atoms with Crippen molar-refractivity contribution in [2.75, 3.05) is 11.9 Å². The molecule has 2 rings (SSSR count). The van der Waals surface area contributed by atoms with Gasteiger partial charge in [-0.2, -0.15) is 0 Å². The van der Waals surface area contributed by atoms with Gasteiger partial charge in [0.25, 0.3) is 0 Å². The Labute approximate surface area is 116 Å². The van der Waals surface area contributed by atoms with E-state index in [-0.39, 0.29) is 6.42 Å². The summed E-state index contributed by atoms with van der Waals surface area (Å²) in [7, 11) is 0. The molecule has 3 N–H and O–H groups in total. The quantitative estimate of drug-likeness (QED) is 0.748. The van der Waals surface area contributed by atoms with Gasteiger partial charge in [0.1, 0.15) is 0 Å². The Morgan fingerprint density at radius 2 is 1.89 bits per heavy atom. The first-order valence-electron chi connectivity index (χ1n) is 5.91. The van der Waals surface area contributed by atoms with Crippen molar-refractivity contribution in [1.29, 1.82) is 0 Å². The number of benzene rings is 2. The zero-order valence-electron chi connectivity index (χ0n) is 10.2. The maximum Gasteiger partial charge on any atom is 0.305 e. The Morgan fingerprint density at radius 1 is 1.16 bits per heavy atom. The van der Waals surface area contributed by atoms with Crippen LogP contribution in [0.15, 0.2) is 42.5 Å². The lowest BCUT2D eigenvalue weighted by Gasteiger charge is -2.11. The van der Waals surface area contributed by atoms with E-state index in [0.717, 1.165) is 16.5 Å². The molecular formula is C14H14N2O2S. The van der Waals surface area contributed by atoms with Crippen LogP contribution in [0, 0.1) is 0 Å². The van der Waals surface area contributed by atoms with E-state index >= 15 is 0 Å². The molecule has 0 amide bonds. The minimum atomic E-state index is -0.847. The van der Waals surface area contributed by atoms with Crippen molar-refractivity contribution >= 4 is 39.8 Å². The molecule has 0 aromatic heterocycles. The molecule has 2 aromatic rings. The standard InChI is InChI=1S/C14H14N2O2S/c17-13(18)8-9-15-14(19)16-12-7-3-5-10-4-1-2-6-11(10)12/h1-7H,8-9H2,(H,17,18)(H2,15,16,19). The van der Waals surface area contributed by atoms with E-state index < -0.39 is 5.97 Å². The molecule has 0 saturated carbocycles. The van der Waals surface area contributed by atoms with Gasteiger partial charge in [-0.15, -0.1) is 0 Å². The largest absolute Gasteiger partial charge is 0.481 e. The number of fused-ring (bicyclic) bond motifs is 1. The third kappa shape index (κ3) is 3.66. The third-order valence-corrected chi connectivity index (χ3v) is 2.91. The average molecular weight is 274 g/mol. The molecule has 19 heavy (non-hydrogen) atoms. The highest BCUT2D eigenvalue weighted by Crippen LogP contribution is 2.22. The van der Waals surface area contributed by atoms with Crippen LogP contribution in [-0.2, 0) is 4.79 Å². The summed E-state index contributed by atoms with van der Waals surface area (Å²) in [6, 6.07) is 13.9. The highest BCUT2D eigenvalue weighted by molar-refractivity contribution is 7.80. The fourth-order valence-corrected chi connectivity index (χ4v) is 2.00. The van der Waals surface area contributed by atoms with Gasteiger partial charge in [0.15, 0.2) is 5.11 Å². The van der Waals surface area contributed by atoms with Gasteiger partial charge in [0.2, 0.25) is 0 Å². The fourth-order valence-electron chi connectivity index (χ4n) is 1.78. The number of carboxylic acids is 1. The van der Waals surface area contributed by atoms with Crippen LogP contribution in [-0.4, -0.2) is 22.7 Å². The van der Waals surface area contributed by atoms with Crippen molar-refractivity contribution in [3.8, 4) is 0 Å². The lowest BCUT2D eigenvalue weighted by atomic mass is 10.1. The van der Waals surface area contributed by atoms with Gasteiger partial charge in [-0.05, 0) is 23.7 Å². The Morgan fingerprint density at radius 3 is 2.68 bits per heavy atom. The van der Waals surface area contributed by atoms with Crippen LogP contribution in [0.25, 0.3) is 10.8 Å². The van der Waals surface area contributed by atoms with E-state index in [2.05, 4.69) is 10.6 Å². The van der Waals surface area contributed by atoms with Crippen LogP contribution in [0.1, 0.15) is 6.42 Å². The molecule has 98 valence electrons. The molecule has 0 atom stereocenters. The second-order valence-corrected chi connectivity index (χ2v) is 4.46. The smallest absolute Gasteiger partial charge is 0.305 e. The molecule has 0 saturated heterocycles. The van der Waals surface area contributed by atoms with Crippen LogP contribution in [0.3, 0.4) is 0 Å². The topological polar surface area (TPSA) is 61.4 Å². The molecular weight excluding hydrogens is 260 g/mol. The highest BCUT2D eigenvalue weighted by Gasteiger charge is 2.03. The number of anilines is 1. The summed E-state index contributed by atoms with van der Waals surface area (Å²) in [4.78, 5) is 10.4. The molecule has 0 fully saturated rings. The summed E-state index contributed by atoms with van der Waals surface area (Å²) in [5.74, 6) is -0.847. The Hall–Kier alpha value is -2.14. The van der Waals surface area contributed by atoms with Crippen LogP contribution < -0.4 is 10.6 Å². The molecule has 0 unspecified atom stereocenters. The molecule has 0 heterocycles. The van der Waals surface area contributed by atoms with Gasteiger partial charge in [-0.1, -0.05) is 36.4 Å². The normalized spacial score (nSPS) is 10.1. The van der Waals surface area contributed by atoms with Crippen molar-refractivity contribution in [3.63, 3.8) is 0 Å². The summed E-state index contributed by atoms with van der Waals surface area (Å²) in [5.41, 5.74) is 0.908. The Balaban J connectivity index is 2.05. The zero-order valence-corrected chi connectivity index (χ0v) is 11.0. The number of nitrogens with one attached hydrogen (secondary N) is 2. The summed E-state index contributed by atoms with van der Waals surface area (Å²) >= 11 is 5.14. The van der Waals surface area contributed by atoms with Gasteiger partial charge < -0.3 is 15.7 Å². The van der Waals surface area contributed by atoms with Crippen molar-refractivity contribution in [3.05, 3.63) is 42.5 Å². The van der Waals surface area contributed by atoms with Crippen molar-refractivity contribution in [2.24, 2.45) is 0 Å². The van der Waals surface area contributed by atoms with Crippen LogP contribution in [0.2, 0.25) is 0 Å². The van der Waals surface area contributed by atoms with E-state index in [1.54, 1.807) is 0 Å². The van der Waals surface area contributed by atoms with E-state index in [0.29, 0.717) is 11.7 Å². The summed E-state index contributed by atoms with van der Waals surface area (Å²) in [5, 5.41) is 17.1. The molecule has 5 heteroatoms. The minimum absolute atomic E-state index is 0.0390. The molecule has 0 spiro atoms. The number of hydrogen-bond acceptors (Lipinski definition) is 2. The van der Waals surface area contributed by atoms with Gasteiger partial charge in [0, 0.05) is 17.6 Å². The SMILES string of the molecule is O=C(O)CCNC(=S)Nc1cccc2ccccc12. The summed E-state index contributed by atoms with van der Waals surface area (Å²) in [6.45, 7) is 0.311. The van der Waals surface area contributed by atoms with Gasteiger partial charge in [0.05, 0.1) is 6.42 Å². The summed E-state index contributed by atoms with van der Waals surface area (Å²) < 4.78 is 0. The Bertz CT molecular complexity index is 608. The molecule has 4 nitrogen and oxygen atoms in total. The number of hydrogen-bond donors (Lipinski definition) is 3. The third-order valence-electron chi connectivity index (χ3n) is 2.66.